The Morgan fingerprint density at radius 3 is 2.45 bits per heavy atom. The van der Waals surface area contributed by atoms with Gasteiger partial charge in [0.05, 0.1) is 7.11 Å². The zero-order valence-corrected chi connectivity index (χ0v) is 16.4. The monoisotopic (exact) mass is 386 g/mol. The molecular weight excluding hydrogens is 364 g/mol. The third kappa shape index (κ3) is 4.50. The lowest BCUT2D eigenvalue weighted by molar-refractivity contribution is 0.318. The van der Waals surface area contributed by atoms with Crippen molar-refractivity contribution in [2.24, 2.45) is 0 Å². The van der Waals surface area contributed by atoms with E-state index in [-0.39, 0.29) is 0 Å². The standard InChI is InChI=1S/C23H22N4O2/c1-27(15-18-4-3-11-24-13-18)14-17-5-10-22(28-2)21(12-17)19-6-8-20(9-7-19)23-26-25-16-29-23/h3-13,16H,14-15H2,1-2H3. The van der Waals surface area contributed by atoms with E-state index in [1.54, 1.807) is 13.3 Å². The van der Waals surface area contributed by atoms with Gasteiger partial charge >= 0.3 is 0 Å². The maximum Gasteiger partial charge on any atom is 0.247 e. The molecule has 0 fully saturated rings. The molecule has 4 rings (SSSR count). The number of benzene rings is 2. The highest BCUT2D eigenvalue weighted by Crippen LogP contribution is 2.32. The maximum absolute atomic E-state index is 5.60. The maximum atomic E-state index is 5.60. The van der Waals surface area contributed by atoms with E-state index in [0.717, 1.165) is 35.5 Å². The molecule has 0 aliphatic carbocycles. The Morgan fingerprint density at radius 2 is 1.76 bits per heavy atom. The first kappa shape index (κ1) is 18.8. The van der Waals surface area contributed by atoms with Crippen LogP contribution in [0.2, 0.25) is 0 Å². The van der Waals surface area contributed by atoms with Crippen molar-refractivity contribution in [2.75, 3.05) is 14.2 Å². The van der Waals surface area contributed by atoms with Gasteiger partial charge < -0.3 is 9.15 Å². The van der Waals surface area contributed by atoms with Crippen LogP contribution in [-0.4, -0.2) is 34.2 Å². The fourth-order valence-corrected chi connectivity index (χ4v) is 3.34. The Labute approximate surface area is 169 Å². The van der Waals surface area contributed by atoms with Crippen LogP contribution in [0, 0.1) is 0 Å². The Kier molecular flexibility index (Phi) is 5.63. The number of nitrogens with zero attached hydrogens (tertiary/aromatic N) is 4. The molecule has 2 aromatic carbocycles. The van der Waals surface area contributed by atoms with Crippen LogP contribution in [-0.2, 0) is 13.1 Å². The fourth-order valence-electron chi connectivity index (χ4n) is 3.34. The Bertz CT molecular complexity index is 1050. The number of hydrogen-bond donors (Lipinski definition) is 0. The number of methoxy groups -OCH3 is 1. The number of ether oxygens (including phenoxy) is 1. The van der Waals surface area contributed by atoms with Crippen LogP contribution in [0.25, 0.3) is 22.6 Å². The zero-order chi connectivity index (χ0) is 20.1. The van der Waals surface area contributed by atoms with Gasteiger partial charge in [0.15, 0.2) is 0 Å². The summed E-state index contributed by atoms with van der Waals surface area (Å²) in [5.74, 6) is 1.35. The molecule has 29 heavy (non-hydrogen) atoms. The van der Waals surface area contributed by atoms with E-state index in [1.807, 2.05) is 42.6 Å². The van der Waals surface area contributed by atoms with Crippen molar-refractivity contribution < 1.29 is 9.15 Å². The van der Waals surface area contributed by atoms with Gasteiger partial charge in [-0.2, -0.15) is 0 Å². The molecule has 0 unspecified atom stereocenters. The first-order valence-electron chi connectivity index (χ1n) is 9.34. The van der Waals surface area contributed by atoms with Crippen molar-refractivity contribution in [3.05, 3.63) is 84.5 Å². The van der Waals surface area contributed by atoms with Gasteiger partial charge in [0.2, 0.25) is 12.3 Å². The van der Waals surface area contributed by atoms with Crippen LogP contribution in [0.4, 0.5) is 0 Å². The van der Waals surface area contributed by atoms with Crippen LogP contribution in [0.15, 0.2) is 77.8 Å². The minimum absolute atomic E-state index is 0.509. The molecule has 0 bridgehead atoms. The molecule has 6 nitrogen and oxygen atoms in total. The molecule has 0 saturated heterocycles. The van der Waals surface area contributed by atoms with E-state index in [1.165, 1.54) is 17.5 Å². The molecule has 0 atom stereocenters. The predicted molar refractivity (Wildman–Crippen MR) is 111 cm³/mol. The summed E-state index contributed by atoms with van der Waals surface area (Å²) in [7, 11) is 3.80. The first-order chi connectivity index (χ1) is 14.2. The summed E-state index contributed by atoms with van der Waals surface area (Å²) in [6.45, 7) is 1.67. The van der Waals surface area contributed by atoms with E-state index < -0.39 is 0 Å². The first-order valence-corrected chi connectivity index (χ1v) is 9.34. The van der Waals surface area contributed by atoms with Crippen LogP contribution < -0.4 is 4.74 Å². The van der Waals surface area contributed by atoms with Gasteiger partial charge in [0, 0.05) is 36.6 Å². The summed E-state index contributed by atoms with van der Waals surface area (Å²) in [6.07, 6.45) is 5.03. The zero-order valence-electron chi connectivity index (χ0n) is 16.4. The Hall–Kier alpha value is -3.51. The molecule has 6 heteroatoms. The summed E-state index contributed by atoms with van der Waals surface area (Å²) < 4.78 is 10.9. The fraction of sp³-hybridized carbons (Fsp3) is 0.174. The minimum Gasteiger partial charge on any atom is -0.496 e. The molecule has 0 N–H and O–H groups in total. The number of pyridine rings is 1. The highest BCUT2D eigenvalue weighted by atomic mass is 16.5. The van der Waals surface area contributed by atoms with Gasteiger partial charge in [-0.3, -0.25) is 9.88 Å². The summed E-state index contributed by atoms with van der Waals surface area (Å²) >= 11 is 0. The van der Waals surface area contributed by atoms with E-state index >= 15 is 0 Å². The molecule has 0 saturated carbocycles. The summed E-state index contributed by atoms with van der Waals surface area (Å²) in [5, 5.41) is 7.68. The molecule has 4 aromatic rings. The quantitative estimate of drug-likeness (QED) is 0.468. The molecule has 0 spiro atoms. The Balaban J connectivity index is 1.55. The van der Waals surface area contributed by atoms with Gasteiger partial charge in [-0.15, -0.1) is 10.2 Å². The van der Waals surface area contributed by atoms with Crippen LogP contribution in [0.5, 0.6) is 5.75 Å². The minimum atomic E-state index is 0.509. The molecule has 146 valence electrons. The van der Waals surface area contributed by atoms with Crippen molar-refractivity contribution >= 4 is 0 Å². The van der Waals surface area contributed by atoms with Gasteiger partial charge in [0.1, 0.15) is 5.75 Å². The lowest BCUT2D eigenvalue weighted by atomic mass is 10.00. The SMILES string of the molecule is COc1ccc(CN(C)Cc2cccnc2)cc1-c1ccc(-c2nnco2)cc1. The topological polar surface area (TPSA) is 64.3 Å². The lowest BCUT2D eigenvalue weighted by Gasteiger charge is -2.18. The van der Waals surface area contributed by atoms with E-state index in [9.17, 15) is 0 Å². The van der Waals surface area contributed by atoms with Gasteiger partial charge in [-0.25, -0.2) is 0 Å². The highest BCUT2D eigenvalue weighted by molar-refractivity contribution is 5.73. The molecular formula is C23H22N4O2. The van der Waals surface area contributed by atoms with E-state index in [0.29, 0.717) is 5.89 Å². The van der Waals surface area contributed by atoms with Gasteiger partial charge in [-0.05, 0) is 54.1 Å². The summed E-state index contributed by atoms with van der Waals surface area (Å²) in [4.78, 5) is 6.45. The average Bonchev–Trinajstić information content (AvgIpc) is 3.29. The van der Waals surface area contributed by atoms with Crippen LogP contribution in [0.1, 0.15) is 11.1 Å². The Morgan fingerprint density at radius 1 is 0.966 bits per heavy atom. The molecule has 2 heterocycles. The van der Waals surface area contributed by atoms with Crippen molar-refractivity contribution in [3.63, 3.8) is 0 Å². The third-order valence-electron chi connectivity index (χ3n) is 4.69. The van der Waals surface area contributed by atoms with E-state index in [4.69, 9.17) is 9.15 Å². The summed E-state index contributed by atoms with van der Waals surface area (Å²) in [6, 6.07) is 18.4. The van der Waals surface area contributed by atoms with Crippen molar-refractivity contribution in [1.29, 1.82) is 0 Å². The van der Waals surface area contributed by atoms with Gasteiger partial charge in [-0.1, -0.05) is 24.3 Å². The number of aromatic nitrogens is 3. The predicted octanol–water partition coefficient (Wildman–Crippen LogP) is 4.44. The molecule has 2 aromatic heterocycles. The smallest absolute Gasteiger partial charge is 0.247 e. The average molecular weight is 386 g/mol. The molecule has 0 aliphatic heterocycles. The normalized spacial score (nSPS) is 11.0. The highest BCUT2D eigenvalue weighted by Gasteiger charge is 2.10. The van der Waals surface area contributed by atoms with Crippen LogP contribution >= 0.6 is 0 Å². The van der Waals surface area contributed by atoms with Gasteiger partial charge in [0.25, 0.3) is 0 Å². The van der Waals surface area contributed by atoms with Crippen molar-refractivity contribution in [1.82, 2.24) is 20.1 Å². The summed E-state index contributed by atoms with van der Waals surface area (Å²) in [5.41, 5.74) is 5.42. The van der Waals surface area contributed by atoms with Crippen molar-refractivity contribution in [3.8, 4) is 28.3 Å². The second-order valence-electron chi connectivity index (χ2n) is 6.89. The van der Waals surface area contributed by atoms with E-state index in [2.05, 4.69) is 45.3 Å². The van der Waals surface area contributed by atoms with Crippen molar-refractivity contribution in [2.45, 2.75) is 13.1 Å². The molecule has 0 amide bonds. The van der Waals surface area contributed by atoms with Crippen LogP contribution in [0.3, 0.4) is 0 Å². The second-order valence-corrected chi connectivity index (χ2v) is 6.89. The largest absolute Gasteiger partial charge is 0.496 e. The second kappa shape index (κ2) is 8.67. The lowest BCUT2D eigenvalue weighted by Crippen LogP contribution is -2.17. The number of rotatable bonds is 7. The molecule has 0 radical (unpaired) electrons. The third-order valence-corrected chi connectivity index (χ3v) is 4.69. The number of hydrogen-bond acceptors (Lipinski definition) is 6. The molecule has 0 aliphatic rings.